The number of aromatic nitrogens is 3. The Hall–Kier alpha value is -4.20. The topological polar surface area (TPSA) is 65.8 Å². The summed E-state index contributed by atoms with van der Waals surface area (Å²) in [4.78, 5) is 21.5. The Balaban J connectivity index is 1.33. The van der Waals surface area contributed by atoms with E-state index in [1.807, 2.05) is 25.9 Å². The molecule has 41 heavy (non-hydrogen) atoms. The number of nitrogens with one attached hydrogen (secondary N) is 1. The van der Waals surface area contributed by atoms with E-state index in [0.29, 0.717) is 28.9 Å². The van der Waals surface area contributed by atoms with Crippen LogP contribution in [0.25, 0.3) is 5.65 Å². The normalized spacial score (nSPS) is 17.6. The average Bonchev–Trinajstić information content (AvgIpc) is 3.55. The summed E-state index contributed by atoms with van der Waals surface area (Å²) >= 11 is 0. The number of nitrogens with zero attached hydrogens (tertiary/aromatic N) is 5. The van der Waals surface area contributed by atoms with Crippen LogP contribution in [0.2, 0.25) is 0 Å². The Morgan fingerprint density at radius 3 is 2.68 bits per heavy atom. The quantitative estimate of drug-likeness (QED) is 0.339. The van der Waals surface area contributed by atoms with Crippen LogP contribution in [0.3, 0.4) is 0 Å². The van der Waals surface area contributed by atoms with Gasteiger partial charge in [0.2, 0.25) is 0 Å². The number of fused-ring (bicyclic) bond motifs is 1. The maximum atomic E-state index is 14.1. The van der Waals surface area contributed by atoms with Crippen molar-refractivity contribution >= 4 is 17.2 Å². The summed E-state index contributed by atoms with van der Waals surface area (Å²) in [5, 5.41) is 6.78. The summed E-state index contributed by atoms with van der Waals surface area (Å²) in [6.45, 7) is 5.58. The van der Waals surface area contributed by atoms with Gasteiger partial charge in [0, 0.05) is 60.4 Å². The van der Waals surface area contributed by atoms with Gasteiger partial charge in [-0.3, -0.25) is 9.69 Å². The zero-order valence-electron chi connectivity index (χ0n) is 23.4. The van der Waals surface area contributed by atoms with Crippen molar-refractivity contribution in [1.82, 2.24) is 24.4 Å². The monoisotopic (exact) mass is 560 g/mol. The van der Waals surface area contributed by atoms with E-state index in [2.05, 4.69) is 39.1 Å². The Labute approximate surface area is 237 Å². The molecule has 1 fully saturated rings. The molecule has 0 aliphatic carbocycles. The zero-order chi connectivity index (χ0) is 29.4. The van der Waals surface area contributed by atoms with E-state index >= 15 is 0 Å². The van der Waals surface area contributed by atoms with Gasteiger partial charge in [0.25, 0.3) is 5.91 Å². The molecule has 1 amide bonds. The number of carbonyl (C=O) groups is 1. The molecule has 0 spiro atoms. The number of hydrogen-bond donors (Lipinski definition) is 1. The number of halogens is 3. The van der Waals surface area contributed by atoms with Crippen molar-refractivity contribution in [3.8, 4) is 11.8 Å². The van der Waals surface area contributed by atoms with Crippen LogP contribution in [0, 0.1) is 18.8 Å². The highest BCUT2D eigenvalue weighted by Crippen LogP contribution is 2.36. The van der Waals surface area contributed by atoms with Gasteiger partial charge in [-0.25, -0.2) is 9.50 Å². The molecule has 1 aliphatic heterocycles. The molecule has 2 aromatic heterocycles. The van der Waals surface area contributed by atoms with Gasteiger partial charge in [-0.05, 0) is 69.8 Å². The first-order valence-corrected chi connectivity index (χ1v) is 13.2. The lowest BCUT2D eigenvalue weighted by molar-refractivity contribution is -0.138. The second-order valence-corrected chi connectivity index (χ2v) is 10.9. The average molecular weight is 561 g/mol. The van der Waals surface area contributed by atoms with Crippen molar-refractivity contribution in [1.29, 1.82) is 0 Å². The van der Waals surface area contributed by atoms with E-state index in [4.69, 9.17) is 0 Å². The minimum atomic E-state index is -4.55. The molecule has 10 heteroatoms. The fourth-order valence-electron chi connectivity index (χ4n) is 4.95. The van der Waals surface area contributed by atoms with Crippen LogP contribution in [0.1, 0.15) is 51.5 Å². The molecule has 0 radical (unpaired) electrons. The van der Waals surface area contributed by atoms with Gasteiger partial charge >= 0.3 is 6.18 Å². The van der Waals surface area contributed by atoms with E-state index in [1.54, 1.807) is 47.4 Å². The molecular formula is C31H31F3N6O. The maximum absolute atomic E-state index is 14.1. The number of benzene rings is 2. The standard InChI is InChI=1S/C31H31F3N6O/c1-21-5-7-24(15-23(21)8-6-22-17-35-28-11-13-36-40(28)18-22)29(41)37-26-10-9-25(27(16-26)31(32,33)34)19-39-14-12-30(2,20-39)38(3)4/h5,7,9-11,13,15-18H,12,14,19-20H2,1-4H3,(H,37,41). The summed E-state index contributed by atoms with van der Waals surface area (Å²) in [6, 6.07) is 10.8. The third-order valence-electron chi connectivity index (χ3n) is 7.77. The Bertz CT molecular complexity index is 1670. The van der Waals surface area contributed by atoms with Crippen LogP contribution in [-0.2, 0) is 12.7 Å². The Morgan fingerprint density at radius 2 is 1.95 bits per heavy atom. The van der Waals surface area contributed by atoms with Gasteiger partial charge in [0.15, 0.2) is 5.65 Å². The zero-order valence-corrected chi connectivity index (χ0v) is 23.4. The predicted molar refractivity (Wildman–Crippen MR) is 152 cm³/mol. The molecule has 1 N–H and O–H groups in total. The first-order valence-electron chi connectivity index (χ1n) is 13.2. The lowest BCUT2D eigenvalue weighted by Gasteiger charge is -2.32. The van der Waals surface area contributed by atoms with Crippen molar-refractivity contribution in [2.24, 2.45) is 0 Å². The summed E-state index contributed by atoms with van der Waals surface area (Å²) in [7, 11) is 3.98. The molecule has 3 heterocycles. The lowest BCUT2D eigenvalue weighted by atomic mass is 10.0. The number of hydrogen-bond acceptors (Lipinski definition) is 5. The molecular weight excluding hydrogens is 529 g/mol. The van der Waals surface area contributed by atoms with E-state index in [9.17, 15) is 18.0 Å². The van der Waals surface area contributed by atoms with Crippen molar-refractivity contribution in [3.05, 3.63) is 94.4 Å². The Kier molecular flexibility index (Phi) is 7.60. The molecule has 1 atom stereocenters. The summed E-state index contributed by atoms with van der Waals surface area (Å²) in [5.41, 5.74) is 2.58. The summed E-state index contributed by atoms with van der Waals surface area (Å²) < 4.78 is 43.8. The van der Waals surface area contributed by atoms with Crippen molar-refractivity contribution in [2.45, 2.75) is 38.5 Å². The van der Waals surface area contributed by atoms with Crippen LogP contribution in [-0.4, -0.2) is 63.0 Å². The van der Waals surface area contributed by atoms with E-state index < -0.39 is 17.6 Å². The van der Waals surface area contributed by atoms with Gasteiger partial charge in [-0.1, -0.05) is 24.0 Å². The lowest BCUT2D eigenvalue weighted by Crippen LogP contribution is -2.43. The molecule has 1 aliphatic rings. The third-order valence-corrected chi connectivity index (χ3v) is 7.77. The van der Waals surface area contributed by atoms with E-state index in [0.717, 1.165) is 24.6 Å². The molecule has 212 valence electrons. The molecule has 1 unspecified atom stereocenters. The van der Waals surface area contributed by atoms with Crippen LogP contribution in [0.5, 0.6) is 0 Å². The number of amides is 1. The molecule has 4 aromatic rings. The van der Waals surface area contributed by atoms with Crippen LogP contribution < -0.4 is 5.32 Å². The maximum Gasteiger partial charge on any atom is 0.416 e. The molecule has 0 bridgehead atoms. The number of anilines is 1. The first-order chi connectivity index (χ1) is 19.4. The minimum Gasteiger partial charge on any atom is -0.322 e. The highest BCUT2D eigenvalue weighted by atomic mass is 19.4. The van der Waals surface area contributed by atoms with Crippen LogP contribution >= 0.6 is 0 Å². The highest BCUT2D eigenvalue weighted by Gasteiger charge is 2.38. The third kappa shape index (κ3) is 6.26. The molecule has 1 saturated heterocycles. The van der Waals surface area contributed by atoms with E-state index in [1.165, 1.54) is 12.1 Å². The van der Waals surface area contributed by atoms with Crippen LogP contribution in [0.4, 0.5) is 18.9 Å². The Morgan fingerprint density at radius 1 is 1.15 bits per heavy atom. The number of likely N-dealkylation sites (N-methyl/N-ethyl adjacent to an activating group) is 1. The first kappa shape index (κ1) is 28.3. The largest absolute Gasteiger partial charge is 0.416 e. The molecule has 7 nitrogen and oxygen atoms in total. The number of carbonyl (C=O) groups excluding carboxylic acids is 1. The van der Waals surface area contributed by atoms with Gasteiger partial charge in [0.05, 0.1) is 17.3 Å². The van der Waals surface area contributed by atoms with Crippen LogP contribution in [0.15, 0.2) is 61.1 Å². The SMILES string of the molecule is Cc1ccc(C(=O)Nc2ccc(CN3CCC(C)(N(C)C)C3)c(C(F)(F)F)c2)cc1C#Cc1cnc2ccnn2c1. The van der Waals surface area contributed by atoms with E-state index in [-0.39, 0.29) is 23.3 Å². The van der Waals surface area contributed by atoms with Gasteiger partial charge < -0.3 is 10.2 Å². The van der Waals surface area contributed by atoms with Crippen molar-refractivity contribution in [3.63, 3.8) is 0 Å². The molecule has 0 saturated carbocycles. The number of rotatable bonds is 5. The number of likely N-dealkylation sites (tertiary alicyclic amines) is 1. The molecule has 2 aromatic carbocycles. The summed E-state index contributed by atoms with van der Waals surface area (Å²) in [6.07, 6.45) is 1.37. The smallest absolute Gasteiger partial charge is 0.322 e. The van der Waals surface area contributed by atoms with Gasteiger partial charge in [-0.2, -0.15) is 18.3 Å². The second kappa shape index (κ2) is 11.0. The number of alkyl halides is 3. The van der Waals surface area contributed by atoms with Crippen molar-refractivity contribution in [2.75, 3.05) is 32.5 Å². The van der Waals surface area contributed by atoms with Crippen molar-refractivity contribution < 1.29 is 18.0 Å². The van der Waals surface area contributed by atoms with Gasteiger partial charge in [0.1, 0.15) is 0 Å². The molecule has 5 rings (SSSR count). The second-order valence-electron chi connectivity index (χ2n) is 10.9. The fourth-order valence-corrected chi connectivity index (χ4v) is 4.95. The highest BCUT2D eigenvalue weighted by molar-refractivity contribution is 6.04. The fraction of sp³-hybridized carbons (Fsp3) is 0.323. The summed E-state index contributed by atoms with van der Waals surface area (Å²) in [5.74, 6) is 5.58. The minimum absolute atomic E-state index is 0.0756. The predicted octanol–water partition coefficient (Wildman–Crippen LogP) is 5.23. The number of aryl methyl sites for hydroxylation is 1. The van der Waals surface area contributed by atoms with Gasteiger partial charge in [-0.15, -0.1) is 0 Å².